The van der Waals surface area contributed by atoms with Crippen LogP contribution in [0.25, 0.3) is 0 Å². The summed E-state index contributed by atoms with van der Waals surface area (Å²) in [5.41, 5.74) is 0.160. The van der Waals surface area contributed by atoms with Crippen molar-refractivity contribution in [1.82, 2.24) is 0 Å². The quantitative estimate of drug-likeness (QED) is 0.181. The van der Waals surface area contributed by atoms with Gasteiger partial charge in [0.05, 0.1) is 5.56 Å². The van der Waals surface area contributed by atoms with Crippen molar-refractivity contribution in [3.8, 4) is 0 Å². The summed E-state index contributed by atoms with van der Waals surface area (Å²) in [7, 11) is 4.82. The molecule has 0 aromatic heterocycles. The van der Waals surface area contributed by atoms with Gasteiger partial charge in [-0.05, 0) is 37.3 Å². The minimum atomic E-state index is -4.29. The molecule has 1 unspecified atom stereocenters. The van der Waals surface area contributed by atoms with Gasteiger partial charge in [0.25, 0.3) is 5.97 Å². The van der Waals surface area contributed by atoms with E-state index in [9.17, 15) is 13.2 Å². The molecule has 180 valence electrons. The molecule has 0 fully saturated rings. The Balaban J connectivity index is 2.50. The monoisotopic (exact) mass is 446 g/mol. The Labute approximate surface area is 186 Å². The lowest BCUT2D eigenvalue weighted by atomic mass is 9.91. The SMILES string of the molecule is CCCCCCCCC(CCCCCc1cccc(C(F)(F)F)c1)C(OC)(OC)OC. The number of hydrogen-bond acceptors (Lipinski definition) is 3. The molecule has 1 rings (SSSR count). The molecule has 0 N–H and O–H groups in total. The van der Waals surface area contributed by atoms with Gasteiger partial charge in [-0.25, -0.2) is 0 Å². The van der Waals surface area contributed by atoms with Gasteiger partial charge in [-0.3, -0.25) is 0 Å². The number of halogens is 3. The molecular formula is C25H41F3O3. The molecular weight excluding hydrogens is 405 g/mol. The highest BCUT2D eigenvalue weighted by Crippen LogP contribution is 2.33. The number of benzene rings is 1. The molecule has 0 aliphatic carbocycles. The van der Waals surface area contributed by atoms with Gasteiger partial charge in [0.2, 0.25) is 0 Å². The molecule has 0 bridgehead atoms. The zero-order valence-electron chi connectivity index (χ0n) is 19.7. The van der Waals surface area contributed by atoms with Crippen molar-refractivity contribution in [3.05, 3.63) is 35.4 Å². The molecule has 3 nitrogen and oxygen atoms in total. The lowest BCUT2D eigenvalue weighted by Gasteiger charge is -2.36. The maximum atomic E-state index is 12.9. The molecule has 0 aliphatic heterocycles. The molecule has 31 heavy (non-hydrogen) atoms. The summed E-state index contributed by atoms with van der Waals surface area (Å²) >= 11 is 0. The average molecular weight is 447 g/mol. The van der Waals surface area contributed by atoms with Gasteiger partial charge < -0.3 is 14.2 Å². The fourth-order valence-corrected chi connectivity index (χ4v) is 4.22. The first-order chi connectivity index (χ1) is 14.8. The second-order valence-electron chi connectivity index (χ2n) is 8.27. The summed E-state index contributed by atoms with van der Waals surface area (Å²) < 4.78 is 55.4. The molecule has 1 aromatic carbocycles. The molecule has 0 heterocycles. The van der Waals surface area contributed by atoms with E-state index in [2.05, 4.69) is 6.92 Å². The van der Waals surface area contributed by atoms with Crippen LogP contribution in [0.4, 0.5) is 13.2 Å². The molecule has 6 heteroatoms. The zero-order valence-corrected chi connectivity index (χ0v) is 19.7. The molecule has 1 aromatic rings. The van der Waals surface area contributed by atoms with Crippen LogP contribution in [0.3, 0.4) is 0 Å². The Morgan fingerprint density at radius 1 is 0.774 bits per heavy atom. The minimum absolute atomic E-state index is 0.118. The van der Waals surface area contributed by atoms with Crippen LogP contribution in [0.5, 0.6) is 0 Å². The first kappa shape index (κ1) is 27.9. The van der Waals surface area contributed by atoms with Gasteiger partial charge in [-0.1, -0.05) is 76.5 Å². The van der Waals surface area contributed by atoms with Crippen LogP contribution in [-0.4, -0.2) is 27.3 Å². The molecule has 1 atom stereocenters. The summed E-state index contributed by atoms with van der Waals surface area (Å²) in [4.78, 5) is 0. The van der Waals surface area contributed by atoms with Crippen molar-refractivity contribution in [2.24, 2.45) is 5.92 Å². The van der Waals surface area contributed by atoms with E-state index in [0.717, 1.165) is 50.2 Å². The molecule has 0 amide bonds. The fourth-order valence-electron chi connectivity index (χ4n) is 4.22. The maximum absolute atomic E-state index is 12.9. The van der Waals surface area contributed by atoms with E-state index in [0.29, 0.717) is 6.42 Å². The minimum Gasteiger partial charge on any atom is -0.331 e. The fraction of sp³-hybridized carbons (Fsp3) is 0.760. The van der Waals surface area contributed by atoms with E-state index in [-0.39, 0.29) is 5.92 Å². The van der Waals surface area contributed by atoms with E-state index >= 15 is 0 Å². The number of ether oxygens (including phenoxy) is 3. The highest BCUT2D eigenvalue weighted by molar-refractivity contribution is 5.25. The van der Waals surface area contributed by atoms with Crippen LogP contribution in [0.2, 0.25) is 0 Å². The number of methoxy groups -OCH3 is 3. The third-order valence-electron chi connectivity index (χ3n) is 6.03. The Morgan fingerprint density at radius 2 is 1.32 bits per heavy atom. The van der Waals surface area contributed by atoms with Crippen molar-refractivity contribution >= 4 is 0 Å². The number of alkyl halides is 3. The van der Waals surface area contributed by atoms with Crippen molar-refractivity contribution in [2.45, 2.75) is 96.1 Å². The molecule has 0 aliphatic rings. The Hall–Kier alpha value is -1.11. The number of unbranched alkanes of at least 4 members (excludes halogenated alkanes) is 7. The van der Waals surface area contributed by atoms with E-state index in [4.69, 9.17) is 14.2 Å². The van der Waals surface area contributed by atoms with Crippen LogP contribution in [0, 0.1) is 5.92 Å². The first-order valence-electron chi connectivity index (χ1n) is 11.6. The Bertz CT molecular complexity index is 577. The maximum Gasteiger partial charge on any atom is 0.416 e. The molecule has 0 radical (unpaired) electrons. The topological polar surface area (TPSA) is 27.7 Å². The Morgan fingerprint density at radius 3 is 1.87 bits per heavy atom. The van der Waals surface area contributed by atoms with Crippen LogP contribution in [0.1, 0.15) is 88.7 Å². The zero-order chi connectivity index (χ0) is 23.2. The molecule has 0 saturated carbocycles. The highest BCUT2D eigenvalue weighted by atomic mass is 19.4. The normalized spacial score (nSPS) is 13.5. The van der Waals surface area contributed by atoms with E-state index < -0.39 is 17.7 Å². The van der Waals surface area contributed by atoms with Crippen molar-refractivity contribution in [1.29, 1.82) is 0 Å². The summed E-state index contributed by atoms with van der Waals surface area (Å²) in [6.45, 7) is 2.22. The second-order valence-corrected chi connectivity index (χ2v) is 8.27. The van der Waals surface area contributed by atoms with Crippen molar-refractivity contribution in [3.63, 3.8) is 0 Å². The third-order valence-corrected chi connectivity index (χ3v) is 6.03. The third kappa shape index (κ3) is 9.92. The molecule has 0 saturated heterocycles. The van der Waals surface area contributed by atoms with Gasteiger partial charge in [0, 0.05) is 27.2 Å². The van der Waals surface area contributed by atoms with Crippen LogP contribution in [0.15, 0.2) is 24.3 Å². The number of rotatable bonds is 17. The number of aryl methyl sites for hydroxylation is 1. The summed E-state index contributed by atoms with van der Waals surface area (Å²) in [5, 5.41) is 0. The first-order valence-corrected chi connectivity index (χ1v) is 11.6. The van der Waals surface area contributed by atoms with E-state index in [1.807, 2.05) is 0 Å². The lowest BCUT2D eigenvalue weighted by Crippen LogP contribution is -2.44. The standard InChI is InChI=1S/C25H41F3O3/c1-5-6-7-8-9-12-17-22(25(29-2,30-3)31-4)18-13-10-11-15-21-16-14-19-23(20-21)24(26,27)28/h14,16,19-20,22H,5-13,15,17-18H2,1-4H3. The summed E-state index contributed by atoms with van der Waals surface area (Å²) in [6, 6.07) is 5.63. The highest BCUT2D eigenvalue weighted by Gasteiger charge is 2.39. The van der Waals surface area contributed by atoms with Gasteiger partial charge in [0.1, 0.15) is 0 Å². The van der Waals surface area contributed by atoms with Crippen LogP contribution in [-0.2, 0) is 26.8 Å². The summed E-state index contributed by atoms with van der Waals surface area (Å²) in [6.07, 6.45) is 8.32. The van der Waals surface area contributed by atoms with Crippen molar-refractivity contribution in [2.75, 3.05) is 21.3 Å². The predicted octanol–water partition coefficient (Wildman–Crippen LogP) is 7.77. The van der Waals surface area contributed by atoms with Crippen LogP contribution < -0.4 is 0 Å². The van der Waals surface area contributed by atoms with Gasteiger partial charge >= 0.3 is 6.18 Å². The summed E-state index contributed by atoms with van der Waals surface area (Å²) in [5.74, 6) is -0.919. The number of hydrogen-bond donors (Lipinski definition) is 0. The smallest absolute Gasteiger partial charge is 0.331 e. The van der Waals surface area contributed by atoms with E-state index in [1.54, 1.807) is 27.4 Å². The van der Waals surface area contributed by atoms with Gasteiger partial charge in [-0.2, -0.15) is 13.2 Å². The Kier molecular flexibility index (Phi) is 13.4. The van der Waals surface area contributed by atoms with E-state index in [1.165, 1.54) is 44.2 Å². The second kappa shape index (κ2) is 14.9. The lowest BCUT2D eigenvalue weighted by molar-refractivity contribution is -0.380. The van der Waals surface area contributed by atoms with Crippen molar-refractivity contribution < 1.29 is 27.4 Å². The van der Waals surface area contributed by atoms with Gasteiger partial charge in [-0.15, -0.1) is 0 Å². The predicted molar refractivity (Wildman–Crippen MR) is 119 cm³/mol. The average Bonchev–Trinajstić information content (AvgIpc) is 2.76. The largest absolute Gasteiger partial charge is 0.416 e. The van der Waals surface area contributed by atoms with Crippen LogP contribution >= 0.6 is 0 Å². The van der Waals surface area contributed by atoms with Gasteiger partial charge in [0.15, 0.2) is 0 Å². The molecule has 0 spiro atoms.